The van der Waals surface area contributed by atoms with Crippen LogP contribution in [-0.4, -0.2) is 60.4 Å². The molecule has 0 atom stereocenters. The van der Waals surface area contributed by atoms with Crippen molar-refractivity contribution >= 4 is 12.1 Å². The van der Waals surface area contributed by atoms with Gasteiger partial charge in [-0.25, -0.2) is 4.79 Å². The Bertz CT molecular complexity index is 617. The largest absolute Gasteiger partial charge is 0.508 e. The summed E-state index contributed by atoms with van der Waals surface area (Å²) in [7, 11) is 1.74. The second-order valence-electron chi connectivity index (χ2n) is 7.50. The molecule has 26 heavy (non-hydrogen) atoms. The fourth-order valence-corrected chi connectivity index (χ4v) is 2.60. The Balaban J connectivity index is 1.63. The number of hydrogen-bond acceptors (Lipinski definition) is 4. The molecule has 1 aliphatic heterocycles. The van der Waals surface area contributed by atoms with Crippen LogP contribution in [0.2, 0.25) is 0 Å². The average Bonchev–Trinajstić information content (AvgIpc) is 2.52. The first-order valence-corrected chi connectivity index (χ1v) is 9.00. The number of nitrogens with zero attached hydrogens (tertiary/aromatic N) is 2. The Hall–Kier alpha value is -2.44. The molecule has 0 saturated carbocycles. The molecule has 1 aromatic rings. The van der Waals surface area contributed by atoms with E-state index >= 15 is 0 Å². The van der Waals surface area contributed by atoms with E-state index in [9.17, 15) is 9.90 Å². The van der Waals surface area contributed by atoms with Crippen molar-refractivity contribution < 1.29 is 14.6 Å². The van der Waals surface area contributed by atoms with Crippen molar-refractivity contribution in [3.8, 4) is 5.75 Å². The minimum Gasteiger partial charge on any atom is -0.508 e. The predicted molar refractivity (Wildman–Crippen MR) is 103 cm³/mol. The molecule has 7 nitrogen and oxygen atoms in total. The van der Waals surface area contributed by atoms with Gasteiger partial charge in [-0.1, -0.05) is 12.1 Å². The van der Waals surface area contributed by atoms with Crippen molar-refractivity contribution in [1.29, 1.82) is 0 Å². The molecule has 3 N–H and O–H groups in total. The third kappa shape index (κ3) is 6.46. The first-order chi connectivity index (χ1) is 12.3. The standard InChI is InChI=1S/C19H30N4O3/c1-19(2,3)26-18(25)23-12-15(13-23)22-17(20-4)21-11-5-6-14-7-9-16(24)10-8-14/h7-10,15,24H,5-6,11-13H2,1-4H3,(H2,20,21,22). The van der Waals surface area contributed by atoms with Gasteiger partial charge in [0.25, 0.3) is 0 Å². The second kappa shape index (κ2) is 8.78. The minimum absolute atomic E-state index is 0.186. The number of rotatable bonds is 5. The monoisotopic (exact) mass is 362 g/mol. The average molecular weight is 362 g/mol. The van der Waals surface area contributed by atoms with E-state index in [1.807, 2.05) is 32.9 Å². The predicted octanol–water partition coefficient (Wildman–Crippen LogP) is 2.11. The summed E-state index contributed by atoms with van der Waals surface area (Å²) in [5.41, 5.74) is 0.726. The van der Waals surface area contributed by atoms with Crippen molar-refractivity contribution in [2.75, 3.05) is 26.7 Å². The van der Waals surface area contributed by atoms with Gasteiger partial charge in [-0.15, -0.1) is 0 Å². The number of aliphatic imine (C=N–C) groups is 1. The van der Waals surface area contributed by atoms with Crippen molar-refractivity contribution in [3.05, 3.63) is 29.8 Å². The molecule has 0 radical (unpaired) electrons. The van der Waals surface area contributed by atoms with Crippen LogP contribution >= 0.6 is 0 Å². The number of benzene rings is 1. The molecule has 1 aromatic carbocycles. The molecule has 0 aromatic heterocycles. The Morgan fingerprint density at radius 2 is 1.96 bits per heavy atom. The molecular formula is C19H30N4O3. The number of phenols is 1. The number of ether oxygens (including phenoxy) is 1. The minimum atomic E-state index is -0.468. The van der Waals surface area contributed by atoms with E-state index in [1.165, 1.54) is 5.56 Å². The van der Waals surface area contributed by atoms with Crippen LogP contribution in [0.25, 0.3) is 0 Å². The lowest BCUT2D eigenvalue weighted by molar-refractivity contribution is 0.00701. The number of likely N-dealkylation sites (tertiary alicyclic amines) is 1. The van der Waals surface area contributed by atoms with E-state index in [1.54, 1.807) is 24.1 Å². The molecule has 0 aliphatic carbocycles. The van der Waals surface area contributed by atoms with E-state index in [2.05, 4.69) is 15.6 Å². The molecule has 1 amide bonds. The number of hydrogen-bond donors (Lipinski definition) is 3. The molecule has 1 aliphatic rings. The number of amides is 1. The highest BCUT2D eigenvalue weighted by atomic mass is 16.6. The molecule has 0 unspecified atom stereocenters. The van der Waals surface area contributed by atoms with Gasteiger partial charge in [-0.05, 0) is 51.3 Å². The van der Waals surface area contributed by atoms with Gasteiger partial charge in [0, 0.05) is 26.7 Å². The van der Waals surface area contributed by atoms with E-state index < -0.39 is 5.60 Å². The number of carbonyl (C=O) groups is 1. The van der Waals surface area contributed by atoms with Gasteiger partial charge >= 0.3 is 6.09 Å². The van der Waals surface area contributed by atoms with Crippen LogP contribution in [0, 0.1) is 0 Å². The summed E-state index contributed by atoms with van der Waals surface area (Å²) in [5, 5.41) is 15.9. The topological polar surface area (TPSA) is 86.2 Å². The molecule has 2 rings (SSSR count). The lowest BCUT2D eigenvalue weighted by Gasteiger charge is -2.40. The van der Waals surface area contributed by atoms with Crippen LogP contribution in [0.4, 0.5) is 4.79 Å². The highest BCUT2D eigenvalue weighted by Gasteiger charge is 2.34. The number of aryl methyl sites for hydroxylation is 1. The Morgan fingerprint density at radius 3 is 2.54 bits per heavy atom. The number of phenolic OH excluding ortho intramolecular Hbond substituents is 1. The maximum absolute atomic E-state index is 11.9. The number of carbonyl (C=O) groups excluding carboxylic acids is 1. The Kier molecular flexibility index (Phi) is 6.71. The molecule has 7 heteroatoms. The zero-order valence-corrected chi connectivity index (χ0v) is 16.1. The highest BCUT2D eigenvalue weighted by molar-refractivity contribution is 5.80. The third-order valence-electron chi connectivity index (χ3n) is 3.97. The van der Waals surface area contributed by atoms with Crippen LogP contribution < -0.4 is 10.6 Å². The first kappa shape index (κ1) is 19.9. The number of nitrogens with one attached hydrogen (secondary N) is 2. The van der Waals surface area contributed by atoms with Gasteiger partial charge in [0.2, 0.25) is 0 Å². The lowest BCUT2D eigenvalue weighted by Crippen LogP contribution is -2.63. The van der Waals surface area contributed by atoms with Gasteiger partial charge < -0.3 is 25.4 Å². The van der Waals surface area contributed by atoms with Crippen LogP contribution in [-0.2, 0) is 11.2 Å². The maximum atomic E-state index is 11.9. The number of guanidine groups is 1. The highest BCUT2D eigenvalue weighted by Crippen LogP contribution is 2.15. The Labute approximate surface area is 155 Å². The quantitative estimate of drug-likeness (QED) is 0.424. The van der Waals surface area contributed by atoms with Crippen LogP contribution in [0.1, 0.15) is 32.8 Å². The van der Waals surface area contributed by atoms with Crippen molar-refractivity contribution in [1.82, 2.24) is 15.5 Å². The summed E-state index contributed by atoms with van der Waals surface area (Å²) in [6, 6.07) is 7.46. The fourth-order valence-electron chi connectivity index (χ4n) is 2.60. The van der Waals surface area contributed by atoms with E-state index in [4.69, 9.17) is 4.74 Å². The van der Waals surface area contributed by atoms with Crippen LogP contribution in [0.15, 0.2) is 29.3 Å². The van der Waals surface area contributed by atoms with E-state index in [0.717, 1.165) is 25.3 Å². The maximum Gasteiger partial charge on any atom is 0.410 e. The summed E-state index contributed by atoms with van der Waals surface area (Å²) >= 11 is 0. The second-order valence-corrected chi connectivity index (χ2v) is 7.50. The van der Waals surface area contributed by atoms with Gasteiger partial charge in [0.05, 0.1) is 6.04 Å². The van der Waals surface area contributed by atoms with Crippen LogP contribution in [0.3, 0.4) is 0 Å². The Morgan fingerprint density at radius 1 is 1.31 bits per heavy atom. The third-order valence-corrected chi connectivity index (χ3v) is 3.97. The van der Waals surface area contributed by atoms with Gasteiger partial charge in [0.1, 0.15) is 11.4 Å². The molecule has 0 spiro atoms. The zero-order valence-electron chi connectivity index (χ0n) is 16.1. The van der Waals surface area contributed by atoms with Crippen molar-refractivity contribution in [2.45, 2.75) is 45.3 Å². The fraction of sp³-hybridized carbons (Fsp3) is 0.579. The molecule has 1 heterocycles. The lowest BCUT2D eigenvalue weighted by atomic mass is 10.1. The summed E-state index contributed by atoms with van der Waals surface area (Å²) < 4.78 is 5.35. The van der Waals surface area contributed by atoms with E-state index in [-0.39, 0.29) is 17.9 Å². The van der Waals surface area contributed by atoms with Gasteiger partial charge in [-0.2, -0.15) is 0 Å². The number of aromatic hydroxyl groups is 1. The summed E-state index contributed by atoms with van der Waals surface area (Å²) in [6.45, 7) is 7.62. The molecule has 0 bridgehead atoms. The summed E-state index contributed by atoms with van der Waals surface area (Å²) in [4.78, 5) is 17.8. The normalized spacial score (nSPS) is 15.4. The molecular weight excluding hydrogens is 332 g/mol. The molecule has 1 fully saturated rings. The SMILES string of the molecule is CN=C(NCCCc1ccc(O)cc1)NC1CN(C(=O)OC(C)(C)C)C1. The van der Waals surface area contributed by atoms with Crippen molar-refractivity contribution in [3.63, 3.8) is 0 Å². The molecule has 144 valence electrons. The first-order valence-electron chi connectivity index (χ1n) is 9.00. The molecule has 1 saturated heterocycles. The van der Waals surface area contributed by atoms with Gasteiger partial charge in [-0.3, -0.25) is 4.99 Å². The van der Waals surface area contributed by atoms with Gasteiger partial charge in [0.15, 0.2) is 5.96 Å². The zero-order chi connectivity index (χ0) is 19.2. The smallest absolute Gasteiger partial charge is 0.410 e. The van der Waals surface area contributed by atoms with E-state index in [0.29, 0.717) is 13.1 Å². The summed E-state index contributed by atoms with van der Waals surface area (Å²) in [6.07, 6.45) is 1.62. The van der Waals surface area contributed by atoms with Crippen molar-refractivity contribution in [2.24, 2.45) is 4.99 Å². The van der Waals surface area contributed by atoms with Crippen LogP contribution in [0.5, 0.6) is 5.75 Å². The summed E-state index contributed by atoms with van der Waals surface area (Å²) in [5.74, 6) is 1.03.